The first kappa shape index (κ1) is 7.55. The Morgan fingerprint density at radius 2 is 2.20 bits per heavy atom. The van der Waals surface area contributed by atoms with Gasteiger partial charge in [0.15, 0.2) is 0 Å². The van der Waals surface area contributed by atoms with Gasteiger partial charge in [0.1, 0.15) is 0 Å². The molecule has 1 aromatic rings. The van der Waals surface area contributed by atoms with Crippen molar-refractivity contribution in [2.75, 3.05) is 0 Å². The predicted molar refractivity (Wildman–Crippen MR) is 48.9 cm³/mol. The average Bonchev–Trinajstić information content (AvgIpc) is 1.88. The van der Waals surface area contributed by atoms with Gasteiger partial charge in [-0.25, -0.2) is 0 Å². The summed E-state index contributed by atoms with van der Waals surface area (Å²) in [4.78, 5) is 0. The lowest BCUT2D eigenvalue weighted by Gasteiger charge is -1.91. The summed E-state index contributed by atoms with van der Waals surface area (Å²) in [6.45, 7) is 2.01. The molecule has 0 atom stereocenters. The van der Waals surface area contributed by atoms with Crippen LogP contribution < -0.4 is 0 Å². The highest BCUT2D eigenvalue weighted by Crippen LogP contribution is 2.12. The minimum Gasteiger partial charge on any atom is -0.0871 e. The van der Waals surface area contributed by atoms with Crippen molar-refractivity contribution in [1.29, 1.82) is 0 Å². The fraction of sp³-hybridized carbons (Fsp3) is 0.111. The van der Waals surface area contributed by atoms with Gasteiger partial charge >= 0.3 is 0 Å². The summed E-state index contributed by atoms with van der Waals surface area (Å²) in [7, 11) is 0. The van der Waals surface area contributed by atoms with Crippen molar-refractivity contribution in [3.05, 3.63) is 40.4 Å². The third-order valence-electron chi connectivity index (χ3n) is 1.21. The van der Waals surface area contributed by atoms with E-state index in [-0.39, 0.29) is 0 Å². The molecular weight excluding hydrogens is 188 g/mol. The molecule has 0 aliphatic heterocycles. The van der Waals surface area contributed by atoms with E-state index in [1.165, 1.54) is 5.56 Å². The number of allylic oxidation sites excluding steroid dienone is 1. The smallest absolute Gasteiger partial charge is 0.0181 e. The Balaban J connectivity index is 2.95. The van der Waals surface area contributed by atoms with Gasteiger partial charge in [-0.3, -0.25) is 0 Å². The van der Waals surface area contributed by atoms with E-state index >= 15 is 0 Å². The van der Waals surface area contributed by atoms with Crippen LogP contribution in [0.2, 0.25) is 0 Å². The van der Waals surface area contributed by atoms with Crippen molar-refractivity contribution in [3.8, 4) is 0 Å². The molecule has 0 aromatic heterocycles. The first-order chi connectivity index (χ1) is 4.83. The molecule has 0 spiro atoms. The summed E-state index contributed by atoms with van der Waals surface area (Å²) in [5.41, 5.74) is 1.23. The molecule has 0 aliphatic rings. The van der Waals surface area contributed by atoms with E-state index in [0.717, 1.165) is 4.47 Å². The van der Waals surface area contributed by atoms with Gasteiger partial charge in [-0.05, 0) is 24.6 Å². The lowest BCUT2D eigenvalue weighted by molar-refractivity contribution is 1.60. The van der Waals surface area contributed by atoms with Crippen molar-refractivity contribution < 1.29 is 0 Å². The highest BCUT2D eigenvalue weighted by atomic mass is 79.9. The Labute approximate surface area is 69.7 Å². The van der Waals surface area contributed by atoms with Crippen molar-refractivity contribution in [2.45, 2.75) is 6.92 Å². The van der Waals surface area contributed by atoms with Crippen LogP contribution in [0.5, 0.6) is 0 Å². The number of hydrogen-bond acceptors (Lipinski definition) is 0. The molecular formula is C9H9Br. The zero-order chi connectivity index (χ0) is 7.40. The van der Waals surface area contributed by atoms with E-state index in [1.54, 1.807) is 0 Å². The minimum atomic E-state index is 1.13. The molecule has 0 heterocycles. The van der Waals surface area contributed by atoms with E-state index < -0.39 is 0 Å². The van der Waals surface area contributed by atoms with Crippen LogP contribution in [0.3, 0.4) is 0 Å². The number of hydrogen-bond donors (Lipinski definition) is 0. The molecule has 10 heavy (non-hydrogen) atoms. The Morgan fingerprint density at radius 3 is 2.80 bits per heavy atom. The van der Waals surface area contributed by atoms with Crippen LogP contribution in [0.25, 0.3) is 6.08 Å². The quantitative estimate of drug-likeness (QED) is 0.646. The zero-order valence-electron chi connectivity index (χ0n) is 5.84. The molecule has 0 unspecified atom stereocenters. The maximum absolute atomic E-state index is 3.40. The Morgan fingerprint density at radius 1 is 1.40 bits per heavy atom. The highest BCUT2D eigenvalue weighted by molar-refractivity contribution is 9.10. The molecule has 0 N–H and O–H groups in total. The van der Waals surface area contributed by atoms with E-state index in [4.69, 9.17) is 0 Å². The summed E-state index contributed by atoms with van der Waals surface area (Å²) < 4.78 is 1.13. The van der Waals surface area contributed by atoms with Gasteiger partial charge in [-0.1, -0.05) is 40.2 Å². The summed E-state index contributed by atoms with van der Waals surface area (Å²) >= 11 is 3.40. The van der Waals surface area contributed by atoms with Crippen LogP contribution in [0.1, 0.15) is 12.5 Å². The van der Waals surface area contributed by atoms with Crippen LogP contribution in [0.4, 0.5) is 0 Å². The van der Waals surface area contributed by atoms with Gasteiger partial charge < -0.3 is 0 Å². The highest BCUT2D eigenvalue weighted by Gasteiger charge is 1.85. The molecule has 1 rings (SSSR count). The third kappa shape index (κ3) is 1.99. The van der Waals surface area contributed by atoms with E-state index in [2.05, 4.69) is 34.1 Å². The third-order valence-corrected chi connectivity index (χ3v) is 1.70. The summed E-state index contributed by atoms with van der Waals surface area (Å²) in [5, 5.41) is 0. The molecule has 1 aromatic carbocycles. The first-order valence-electron chi connectivity index (χ1n) is 3.21. The summed E-state index contributed by atoms with van der Waals surface area (Å²) in [5.74, 6) is 0. The number of rotatable bonds is 1. The zero-order valence-corrected chi connectivity index (χ0v) is 7.43. The molecule has 0 bridgehead atoms. The molecule has 0 saturated heterocycles. The van der Waals surface area contributed by atoms with Crippen LogP contribution in [0, 0.1) is 0 Å². The van der Waals surface area contributed by atoms with Gasteiger partial charge in [0, 0.05) is 4.47 Å². The van der Waals surface area contributed by atoms with Crippen molar-refractivity contribution >= 4 is 22.0 Å². The van der Waals surface area contributed by atoms with Gasteiger partial charge in [0.2, 0.25) is 0 Å². The number of halogens is 1. The monoisotopic (exact) mass is 196 g/mol. The van der Waals surface area contributed by atoms with E-state index in [0.29, 0.717) is 0 Å². The maximum atomic E-state index is 3.40. The van der Waals surface area contributed by atoms with Gasteiger partial charge in [0.25, 0.3) is 0 Å². The molecule has 0 nitrogen and oxygen atoms in total. The van der Waals surface area contributed by atoms with Crippen LogP contribution >= 0.6 is 15.9 Å². The second kappa shape index (κ2) is 3.57. The molecule has 1 heteroatoms. The predicted octanol–water partition coefficient (Wildman–Crippen LogP) is 3.48. The Bertz CT molecular complexity index is 238. The largest absolute Gasteiger partial charge is 0.0871 e. The second-order valence-electron chi connectivity index (χ2n) is 2.06. The SMILES string of the molecule is C/C=C/c1cccc(Br)c1. The normalized spacial score (nSPS) is 10.6. The topological polar surface area (TPSA) is 0 Å². The minimum absolute atomic E-state index is 1.13. The van der Waals surface area contributed by atoms with Gasteiger partial charge in [-0.15, -0.1) is 0 Å². The second-order valence-corrected chi connectivity index (χ2v) is 2.97. The Hall–Kier alpha value is -0.560. The van der Waals surface area contributed by atoms with Gasteiger partial charge in [0.05, 0.1) is 0 Å². The van der Waals surface area contributed by atoms with Crippen molar-refractivity contribution in [2.24, 2.45) is 0 Å². The standard InChI is InChI=1S/C9H9Br/c1-2-4-8-5-3-6-9(10)7-8/h2-7H,1H3/b4-2+. The lowest BCUT2D eigenvalue weighted by Crippen LogP contribution is -1.69. The molecule has 52 valence electrons. The molecule has 0 saturated carbocycles. The molecule has 0 fully saturated rings. The van der Waals surface area contributed by atoms with Crippen molar-refractivity contribution in [1.82, 2.24) is 0 Å². The van der Waals surface area contributed by atoms with Crippen LogP contribution in [-0.2, 0) is 0 Å². The summed E-state index contributed by atoms with van der Waals surface area (Å²) in [6.07, 6.45) is 4.10. The lowest BCUT2D eigenvalue weighted by atomic mass is 10.2. The fourth-order valence-corrected chi connectivity index (χ4v) is 1.22. The maximum Gasteiger partial charge on any atom is 0.0181 e. The molecule has 0 radical (unpaired) electrons. The van der Waals surface area contributed by atoms with E-state index in [1.807, 2.05) is 25.1 Å². The number of benzene rings is 1. The van der Waals surface area contributed by atoms with Crippen LogP contribution in [0.15, 0.2) is 34.8 Å². The Kier molecular flexibility index (Phi) is 2.69. The van der Waals surface area contributed by atoms with E-state index in [9.17, 15) is 0 Å². The van der Waals surface area contributed by atoms with Gasteiger partial charge in [-0.2, -0.15) is 0 Å². The average molecular weight is 197 g/mol. The summed E-state index contributed by atoms with van der Waals surface area (Å²) in [6, 6.07) is 8.21. The fourth-order valence-electron chi connectivity index (χ4n) is 0.803. The molecule has 0 aliphatic carbocycles. The molecule has 0 amide bonds. The van der Waals surface area contributed by atoms with Crippen LogP contribution in [-0.4, -0.2) is 0 Å². The van der Waals surface area contributed by atoms with Crippen molar-refractivity contribution in [3.63, 3.8) is 0 Å². The first-order valence-corrected chi connectivity index (χ1v) is 4.00.